The number of aromatic hydroxyl groups is 1. The summed E-state index contributed by atoms with van der Waals surface area (Å²) >= 11 is 0. The lowest BCUT2D eigenvalue weighted by atomic mass is 9.94. The number of methoxy groups -OCH3 is 2. The van der Waals surface area contributed by atoms with Crippen molar-refractivity contribution in [2.75, 3.05) is 20.8 Å². The topological polar surface area (TPSA) is 68.2 Å². The van der Waals surface area contributed by atoms with Crippen LogP contribution in [0.15, 0.2) is 24.3 Å². The molecule has 5 nitrogen and oxygen atoms in total. The lowest BCUT2D eigenvalue weighted by molar-refractivity contribution is 0.109. The smallest absolute Gasteiger partial charge is 0.204 e. The molecule has 2 aromatic rings. The Morgan fingerprint density at radius 2 is 1.82 bits per heavy atom. The first-order valence-corrected chi connectivity index (χ1v) is 6.97. The average molecular weight is 302 g/mol. The number of phenols is 1. The van der Waals surface area contributed by atoms with Crippen LogP contribution < -0.4 is 14.2 Å². The van der Waals surface area contributed by atoms with Gasteiger partial charge in [-0.15, -0.1) is 0 Å². The first kappa shape index (κ1) is 14.5. The fraction of sp³-hybridized carbons (Fsp3) is 0.294. The van der Waals surface area contributed by atoms with Crippen molar-refractivity contribution in [2.45, 2.75) is 13.0 Å². The monoisotopic (exact) mass is 302 g/mol. The molecule has 2 N–H and O–H groups in total. The quantitative estimate of drug-likeness (QED) is 0.893. The van der Waals surface area contributed by atoms with Crippen LogP contribution >= 0.6 is 0 Å². The zero-order valence-electron chi connectivity index (χ0n) is 12.7. The van der Waals surface area contributed by atoms with Gasteiger partial charge in [0, 0.05) is 5.56 Å². The van der Waals surface area contributed by atoms with Gasteiger partial charge in [-0.1, -0.05) is 24.3 Å². The van der Waals surface area contributed by atoms with Gasteiger partial charge in [-0.2, -0.15) is 0 Å². The Morgan fingerprint density at radius 1 is 1.14 bits per heavy atom. The van der Waals surface area contributed by atoms with Gasteiger partial charge < -0.3 is 24.4 Å². The van der Waals surface area contributed by atoms with Crippen LogP contribution in [0.2, 0.25) is 0 Å². The molecule has 0 aliphatic carbocycles. The first-order chi connectivity index (χ1) is 10.6. The Morgan fingerprint density at radius 3 is 2.50 bits per heavy atom. The van der Waals surface area contributed by atoms with Gasteiger partial charge in [0.1, 0.15) is 18.5 Å². The minimum Gasteiger partial charge on any atom is -0.507 e. The van der Waals surface area contributed by atoms with Crippen molar-refractivity contribution >= 4 is 0 Å². The number of aliphatic hydroxyl groups is 1. The summed E-state index contributed by atoms with van der Waals surface area (Å²) in [5, 5.41) is 20.9. The van der Waals surface area contributed by atoms with Gasteiger partial charge in [0.15, 0.2) is 11.5 Å². The lowest BCUT2D eigenvalue weighted by Gasteiger charge is -2.19. The fourth-order valence-electron chi connectivity index (χ4n) is 2.88. The van der Waals surface area contributed by atoms with Crippen molar-refractivity contribution in [3.8, 4) is 34.1 Å². The predicted molar refractivity (Wildman–Crippen MR) is 81.8 cm³/mol. The van der Waals surface area contributed by atoms with Crippen LogP contribution in [-0.2, 0) is 0 Å². The molecule has 5 heteroatoms. The largest absolute Gasteiger partial charge is 0.507 e. The van der Waals surface area contributed by atoms with E-state index < -0.39 is 6.10 Å². The summed E-state index contributed by atoms with van der Waals surface area (Å²) in [7, 11) is 3.03. The van der Waals surface area contributed by atoms with E-state index >= 15 is 0 Å². The molecule has 1 aliphatic heterocycles. The molecule has 0 saturated carbocycles. The summed E-state index contributed by atoms with van der Waals surface area (Å²) < 4.78 is 16.5. The number of rotatable bonds is 2. The highest BCUT2D eigenvalue weighted by Crippen LogP contribution is 2.54. The van der Waals surface area contributed by atoms with Crippen molar-refractivity contribution < 1.29 is 24.4 Å². The summed E-state index contributed by atoms with van der Waals surface area (Å²) in [6.07, 6.45) is -0.779. The molecule has 1 aliphatic rings. The van der Waals surface area contributed by atoms with Gasteiger partial charge in [0.05, 0.1) is 19.8 Å². The predicted octanol–water partition coefficient (Wildman–Crippen LogP) is 2.81. The maximum Gasteiger partial charge on any atom is 0.204 e. The molecule has 0 saturated heterocycles. The SMILES string of the molecule is COc1c(C)c(O)c2c(c1OC)OCC(O)c1ccccc1-2. The normalized spacial score (nSPS) is 16.1. The van der Waals surface area contributed by atoms with Crippen molar-refractivity contribution in [3.63, 3.8) is 0 Å². The molecule has 0 bridgehead atoms. The molecule has 0 spiro atoms. The maximum atomic E-state index is 10.6. The van der Waals surface area contributed by atoms with E-state index in [1.54, 1.807) is 6.92 Å². The Kier molecular flexibility index (Phi) is 3.58. The summed E-state index contributed by atoms with van der Waals surface area (Å²) in [6, 6.07) is 7.37. The molecule has 1 unspecified atom stereocenters. The number of hydrogen-bond acceptors (Lipinski definition) is 5. The van der Waals surface area contributed by atoms with E-state index in [-0.39, 0.29) is 12.4 Å². The zero-order chi connectivity index (χ0) is 15.9. The highest BCUT2D eigenvalue weighted by Gasteiger charge is 2.31. The van der Waals surface area contributed by atoms with E-state index in [1.807, 2.05) is 24.3 Å². The second-order valence-electron chi connectivity index (χ2n) is 5.16. The van der Waals surface area contributed by atoms with E-state index in [0.717, 1.165) is 5.56 Å². The summed E-state index contributed by atoms with van der Waals surface area (Å²) in [5.41, 5.74) is 2.52. The summed E-state index contributed by atoms with van der Waals surface area (Å²) in [6.45, 7) is 1.83. The van der Waals surface area contributed by atoms with E-state index in [0.29, 0.717) is 33.9 Å². The van der Waals surface area contributed by atoms with Crippen LogP contribution in [0.1, 0.15) is 17.2 Å². The Labute approximate surface area is 128 Å². The van der Waals surface area contributed by atoms with Crippen LogP contribution in [0.5, 0.6) is 23.0 Å². The van der Waals surface area contributed by atoms with Crippen LogP contribution in [0, 0.1) is 6.92 Å². The minimum absolute atomic E-state index is 0.0641. The van der Waals surface area contributed by atoms with E-state index in [4.69, 9.17) is 14.2 Å². The number of ether oxygens (including phenoxy) is 3. The van der Waals surface area contributed by atoms with Crippen LogP contribution in [0.25, 0.3) is 11.1 Å². The van der Waals surface area contributed by atoms with Crippen molar-refractivity contribution in [2.24, 2.45) is 0 Å². The molecule has 0 aromatic heterocycles. The molecular weight excluding hydrogens is 284 g/mol. The zero-order valence-corrected chi connectivity index (χ0v) is 12.7. The Bertz CT molecular complexity index is 723. The van der Waals surface area contributed by atoms with Crippen LogP contribution in [0.4, 0.5) is 0 Å². The molecule has 22 heavy (non-hydrogen) atoms. The molecule has 1 heterocycles. The second kappa shape index (κ2) is 5.42. The van der Waals surface area contributed by atoms with E-state index in [2.05, 4.69) is 0 Å². The summed E-state index contributed by atoms with van der Waals surface area (Å²) in [4.78, 5) is 0. The molecule has 3 rings (SSSR count). The molecular formula is C17H18O5. The summed E-state index contributed by atoms with van der Waals surface area (Å²) in [5.74, 6) is 1.28. The van der Waals surface area contributed by atoms with Crippen LogP contribution in [-0.4, -0.2) is 31.0 Å². The van der Waals surface area contributed by atoms with Gasteiger partial charge in [0.25, 0.3) is 0 Å². The van der Waals surface area contributed by atoms with Crippen molar-refractivity contribution in [1.82, 2.24) is 0 Å². The third-order valence-electron chi connectivity index (χ3n) is 3.96. The van der Waals surface area contributed by atoms with Gasteiger partial charge in [-0.05, 0) is 18.1 Å². The second-order valence-corrected chi connectivity index (χ2v) is 5.16. The van der Waals surface area contributed by atoms with E-state index in [9.17, 15) is 10.2 Å². The fourth-order valence-corrected chi connectivity index (χ4v) is 2.88. The van der Waals surface area contributed by atoms with Gasteiger partial charge in [-0.3, -0.25) is 0 Å². The minimum atomic E-state index is -0.779. The maximum absolute atomic E-state index is 10.6. The van der Waals surface area contributed by atoms with E-state index in [1.165, 1.54) is 14.2 Å². The number of fused-ring (bicyclic) bond motifs is 3. The molecule has 0 amide bonds. The lowest BCUT2D eigenvalue weighted by Crippen LogP contribution is -2.08. The van der Waals surface area contributed by atoms with Gasteiger partial charge in [0.2, 0.25) is 5.75 Å². The van der Waals surface area contributed by atoms with Crippen molar-refractivity contribution in [3.05, 3.63) is 35.4 Å². The number of phenolic OH excluding ortho intramolecular Hbond substituents is 1. The standard InChI is InChI=1S/C17H18O5/c1-9-14(19)13-11-7-5-4-6-10(11)12(18)8-22-16(13)17(21-3)15(9)20-2/h4-7,12,18-19H,8H2,1-3H3. The number of hydrogen-bond donors (Lipinski definition) is 2. The van der Waals surface area contributed by atoms with Gasteiger partial charge >= 0.3 is 0 Å². The van der Waals surface area contributed by atoms with Crippen LogP contribution in [0.3, 0.4) is 0 Å². The number of aliphatic hydroxyl groups excluding tert-OH is 1. The Balaban J connectivity index is 2.41. The third-order valence-corrected chi connectivity index (χ3v) is 3.96. The highest BCUT2D eigenvalue weighted by atomic mass is 16.5. The molecule has 1 atom stereocenters. The average Bonchev–Trinajstić information content (AvgIpc) is 2.68. The highest BCUT2D eigenvalue weighted by molar-refractivity contribution is 5.86. The molecule has 0 fully saturated rings. The van der Waals surface area contributed by atoms with Crippen molar-refractivity contribution in [1.29, 1.82) is 0 Å². The molecule has 116 valence electrons. The molecule has 0 radical (unpaired) electrons. The Hall–Kier alpha value is -2.40. The third kappa shape index (κ3) is 1.97. The van der Waals surface area contributed by atoms with Gasteiger partial charge in [-0.25, -0.2) is 0 Å². The first-order valence-electron chi connectivity index (χ1n) is 6.97. The molecule has 2 aromatic carbocycles. The number of benzene rings is 2.